The monoisotopic (exact) mass is 372 g/mol. The molecule has 2 N–H and O–H groups in total. The first-order valence-corrected chi connectivity index (χ1v) is 7.87. The molecule has 0 aliphatic rings. The minimum absolute atomic E-state index is 0.513. The molecule has 2 aromatic rings. The molecule has 7 heteroatoms. The molecule has 0 aliphatic heterocycles. The molecular weight excluding hydrogens is 364 g/mol. The molecule has 0 heterocycles. The molecule has 0 radical (unpaired) electrons. The molecule has 1 atom stereocenters. The summed E-state index contributed by atoms with van der Waals surface area (Å²) in [5.41, 5.74) is 0.569. The summed E-state index contributed by atoms with van der Waals surface area (Å²) >= 11 is 9.03. The second kappa shape index (κ2) is 6.88. The van der Waals surface area contributed by atoms with E-state index in [1.54, 1.807) is 48.5 Å². The molecule has 0 fully saturated rings. The van der Waals surface area contributed by atoms with E-state index in [1.807, 2.05) is 0 Å². The van der Waals surface area contributed by atoms with Gasteiger partial charge in [-0.05, 0) is 48.5 Å². The van der Waals surface area contributed by atoms with E-state index >= 15 is 0 Å². The van der Waals surface area contributed by atoms with Crippen molar-refractivity contribution in [2.24, 2.45) is 0 Å². The Kier molecular flexibility index (Phi) is 5.17. The van der Waals surface area contributed by atoms with Gasteiger partial charge in [-0.3, -0.25) is 4.72 Å². The number of rotatable bonds is 3. The van der Waals surface area contributed by atoms with Crippen LogP contribution in [0.25, 0.3) is 0 Å². The number of nitrogens with one attached hydrogen (secondary N) is 2. The van der Waals surface area contributed by atoms with Crippen molar-refractivity contribution in [3.63, 3.8) is 0 Å². The third-order valence-corrected chi connectivity index (χ3v) is 4.17. The first-order chi connectivity index (χ1) is 9.54. The van der Waals surface area contributed by atoms with Crippen molar-refractivity contribution < 1.29 is 9.00 Å². The summed E-state index contributed by atoms with van der Waals surface area (Å²) < 4.78 is 15.1. The fourth-order valence-electron chi connectivity index (χ4n) is 1.39. The zero-order chi connectivity index (χ0) is 14.5. The number of carbonyl (C=O) groups is 1. The molecule has 0 bridgehead atoms. The number of carbonyl (C=O) groups excluding carboxylic acids is 1. The lowest BCUT2D eigenvalue weighted by molar-refractivity contribution is 0.257. The molecule has 20 heavy (non-hydrogen) atoms. The average Bonchev–Trinajstić information content (AvgIpc) is 2.42. The first kappa shape index (κ1) is 15.0. The van der Waals surface area contributed by atoms with Gasteiger partial charge in [0.25, 0.3) is 0 Å². The third kappa shape index (κ3) is 4.33. The highest BCUT2D eigenvalue weighted by Gasteiger charge is 2.08. The van der Waals surface area contributed by atoms with Crippen molar-refractivity contribution in [3.8, 4) is 0 Å². The van der Waals surface area contributed by atoms with Gasteiger partial charge in [-0.15, -0.1) is 0 Å². The van der Waals surface area contributed by atoms with Gasteiger partial charge < -0.3 is 5.32 Å². The van der Waals surface area contributed by atoms with Crippen LogP contribution in [-0.2, 0) is 11.0 Å². The molecule has 2 rings (SSSR count). The lowest BCUT2D eigenvalue weighted by atomic mass is 10.3. The number of halogens is 2. The Hall–Kier alpha value is -1.37. The summed E-state index contributed by atoms with van der Waals surface area (Å²) in [5, 5.41) is 3.15. The Morgan fingerprint density at radius 3 is 2.25 bits per heavy atom. The van der Waals surface area contributed by atoms with Crippen LogP contribution in [0.2, 0.25) is 5.02 Å². The molecule has 0 aliphatic carbocycles. The van der Waals surface area contributed by atoms with E-state index in [4.69, 9.17) is 11.6 Å². The summed E-state index contributed by atoms with van der Waals surface area (Å²) in [7, 11) is -1.61. The van der Waals surface area contributed by atoms with Gasteiger partial charge in [0.2, 0.25) is 0 Å². The van der Waals surface area contributed by atoms with Crippen LogP contribution in [0.15, 0.2) is 57.9 Å². The highest BCUT2D eigenvalue weighted by Crippen LogP contribution is 2.14. The van der Waals surface area contributed by atoms with Crippen molar-refractivity contribution in [2.45, 2.75) is 4.90 Å². The summed E-state index contributed by atoms with van der Waals surface area (Å²) in [5.74, 6) is 0. The van der Waals surface area contributed by atoms with Crippen LogP contribution >= 0.6 is 27.5 Å². The molecule has 0 spiro atoms. The van der Waals surface area contributed by atoms with E-state index in [-0.39, 0.29) is 0 Å². The first-order valence-electron chi connectivity index (χ1n) is 5.55. The van der Waals surface area contributed by atoms with Gasteiger partial charge in [-0.25, -0.2) is 9.00 Å². The standard InChI is InChI=1S/C13H10BrClN2O2S/c14-9-1-7-12(8-2-9)20(19)17-13(18)16-11-5-3-10(15)4-6-11/h1-8H,(H2,16,17,18). The maximum Gasteiger partial charge on any atom is 0.331 e. The topological polar surface area (TPSA) is 58.2 Å². The van der Waals surface area contributed by atoms with Crippen molar-refractivity contribution >= 4 is 50.2 Å². The van der Waals surface area contributed by atoms with Gasteiger partial charge in [0.15, 0.2) is 11.0 Å². The Morgan fingerprint density at radius 2 is 1.65 bits per heavy atom. The van der Waals surface area contributed by atoms with Crippen LogP contribution in [0.5, 0.6) is 0 Å². The maximum atomic E-state index is 11.9. The smallest absolute Gasteiger partial charge is 0.307 e. The molecule has 4 nitrogen and oxygen atoms in total. The minimum atomic E-state index is -1.61. The zero-order valence-corrected chi connectivity index (χ0v) is 13.3. The Morgan fingerprint density at radius 1 is 1.05 bits per heavy atom. The number of anilines is 1. The summed E-state index contributed by atoms with van der Waals surface area (Å²) in [6, 6.07) is 12.9. The molecule has 0 saturated carbocycles. The van der Waals surface area contributed by atoms with Crippen LogP contribution < -0.4 is 10.0 Å². The lowest BCUT2D eigenvalue weighted by Gasteiger charge is -2.07. The number of hydrogen-bond acceptors (Lipinski definition) is 2. The SMILES string of the molecule is O=C(Nc1ccc(Cl)cc1)NS(=O)c1ccc(Br)cc1. The molecular formula is C13H10BrClN2O2S. The van der Waals surface area contributed by atoms with E-state index < -0.39 is 17.0 Å². The van der Waals surface area contributed by atoms with Gasteiger partial charge in [0, 0.05) is 15.2 Å². The lowest BCUT2D eigenvalue weighted by Crippen LogP contribution is -2.30. The summed E-state index contributed by atoms with van der Waals surface area (Å²) in [4.78, 5) is 12.2. The molecule has 104 valence electrons. The second-order valence-corrected chi connectivity index (χ2v) is 6.35. The van der Waals surface area contributed by atoms with E-state index in [1.165, 1.54) is 0 Å². The van der Waals surface area contributed by atoms with Gasteiger partial charge >= 0.3 is 6.03 Å². The van der Waals surface area contributed by atoms with E-state index in [2.05, 4.69) is 26.0 Å². The van der Waals surface area contributed by atoms with Crippen LogP contribution in [0.4, 0.5) is 10.5 Å². The molecule has 2 aromatic carbocycles. The van der Waals surface area contributed by atoms with E-state index in [0.717, 1.165) is 4.47 Å². The van der Waals surface area contributed by atoms with Crippen LogP contribution in [0, 0.1) is 0 Å². The normalized spacial score (nSPS) is 11.7. The Balaban J connectivity index is 1.95. The summed E-state index contributed by atoms with van der Waals surface area (Å²) in [6.45, 7) is 0. The van der Waals surface area contributed by atoms with Gasteiger partial charge in [-0.2, -0.15) is 0 Å². The zero-order valence-electron chi connectivity index (χ0n) is 10.1. The van der Waals surface area contributed by atoms with Crippen molar-refractivity contribution in [1.82, 2.24) is 4.72 Å². The predicted octanol–water partition coefficient (Wildman–Crippen LogP) is 3.95. The fraction of sp³-hybridized carbons (Fsp3) is 0. The number of hydrogen-bond donors (Lipinski definition) is 2. The second-order valence-electron chi connectivity index (χ2n) is 3.79. The Bertz CT molecular complexity index is 632. The summed E-state index contributed by atoms with van der Waals surface area (Å²) in [6.07, 6.45) is 0. The molecule has 0 saturated heterocycles. The average molecular weight is 374 g/mol. The third-order valence-electron chi connectivity index (χ3n) is 2.32. The van der Waals surface area contributed by atoms with Crippen molar-refractivity contribution in [2.75, 3.05) is 5.32 Å². The molecule has 1 unspecified atom stereocenters. The minimum Gasteiger partial charge on any atom is -0.307 e. The van der Waals surface area contributed by atoms with Gasteiger partial charge in [0.1, 0.15) is 0 Å². The predicted molar refractivity (Wildman–Crippen MR) is 84.2 cm³/mol. The van der Waals surface area contributed by atoms with E-state index in [9.17, 15) is 9.00 Å². The molecule has 2 amide bonds. The van der Waals surface area contributed by atoms with Crippen LogP contribution in [0.3, 0.4) is 0 Å². The van der Waals surface area contributed by atoms with Crippen LogP contribution in [0.1, 0.15) is 0 Å². The van der Waals surface area contributed by atoms with Gasteiger partial charge in [0.05, 0.1) is 4.90 Å². The quantitative estimate of drug-likeness (QED) is 0.856. The van der Waals surface area contributed by atoms with Crippen molar-refractivity contribution in [1.29, 1.82) is 0 Å². The van der Waals surface area contributed by atoms with E-state index in [0.29, 0.717) is 15.6 Å². The van der Waals surface area contributed by atoms with Gasteiger partial charge in [-0.1, -0.05) is 27.5 Å². The number of amides is 2. The number of benzene rings is 2. The number of urea groups is 1. The largest absolute Gasteiger partial charge is 0.331 e. The molecule has 0 aromatic heterocycles. The highest BCUT2D eigenvalue weighted by molar-refractivity contribution is 9.10. The highest BCUT2D eigenvalue weighted by atomic mass is 79.9. The van der Waals surface area contributed by atoms with Crippen LogP contribution in [-0.4, -0.2) is 10.2 Å². The maximum absolute atomic E-state index is 11.9. The fourth-order valence-corrected chi connectivity index (χ4v) is 2.50. The Labute approximate surface area is 132 Å². The van der Waals surface area contributed by atoms with Crippen molar-refractivity contribution in [3.05, 3.63) is 58.0 Å².